The van der Waals surface area contributed by atoms with Gasteiger partial charge in [0.2, 0.25) is 0 Å². The molecule has 0 spiro atoms. The Bertz CT molecular complexity index is 4410. The van der Waals surface area contributed by atoms with Gasteiger partial charge in [-0.2, -0.15) is 0 Å². The quantitative estimate of drug-likeness (QED) is 0.133. The molecule has 0 N–H and O–H groups in total. The number of para-hydroxylation sites is 1. The van der Waals surface area contributed by atoms with Crippen molar-refractivity contribution in [3.05, 3.63) is 243 Å². The molecule has 0 atom stereocenters. The summed E-state index contributed by atoms with van der Waals surface area (Å²) in [4.78, 5) is 0. The molecular weight excluding hydrogens is 972 g/mol. The molecule has 0 aliphatic heterocycles. The first-order chi connectivity index (χ1) is 36.8. The van der Waals surface area contributed by atoms with E-state index in [-0.39, 0.29) is 14.5 Å². The van der Waals surface area contributed by atoms with Gasteiger partial charge in [0.1, 0.15) is 0 Å². The van der Waals surface area contributed by atoms with E-state index < -0.39 is 0 Å². The fraction of sp³-hybridized carbons (Fsp3) is 0. The van der Waals surface area contributed by atoms with Crippen molar-refractivity contribution in [1.82, 2.24) is 30.8 Å². The third-order valence-corrected chi connectivity index (χ3v) is 16.4. The van der Waals surface area contributed by atoms with Crippen LogP contribution in [0.15, 0.2) is 247 Å². The van der Waals surface area contributed by atoms with Crippen LogP contribution in [0.5, 0.6) is 0 Å². The molecule has 14 rings (SSSR count). The van der Waals surface area contributed by atoms with Crippen LogP contribution in [-0.4, -0.2) is 45.3 Å². The molecule has 4 aromatic heterocycles. The topological polar surface area (TPSA) is 90.5 Å². The van der Waals surface area contributed by atoms with E-state index in [2.05, 4.69) is 182 Å². The Morgan fingerprint density at radius 3 is 1.35 bits per heavy atom. The van der Waals surface area contributed by atoms with Crippen molar-refractivity contribution in [3.8, 4) is 101 Å². The summed E-state index contributed by atoms with van der Waals surface area (Å²) in [6.45, 7) is 0. The van der Waals surface area contributed by atoms with Gasteiger partial charge in [0.15, 0.2) is 0 Å². The average Bonchev–Trinajstić information content (AvgIpc) is 4.07. The van der Waals surface area contributed by atoms with Gasteiger partial charge in [0, 0.05) is 0 Å². The molecule has 0 fully saturated rings. The fourth-order valence-corrected chi connectivity index (χ4v) is 13.2. The van der Waals surface area contributed by atoms with Crippen molar-refractivity contribution in [1.29, 1.82) is 0 Å². The van der Waals surface area contributed by atoms with E-state index in [1.807, 2.05) is 60.7 Å². The maximum absolute atomic E-state index is 6.74. The van der Waals surface area contributed by atoms with Gasteiger partial charge in [-0.1, -0.05) is 0 Å². The summed E-state index contributed by atoms with van der Waals surface area (Å²) >= 11 is 0.0503. The van der Waals surface area contributed by atoms with Crippen LogP contribution in [0.1, 0.15) is 0 Å². The summed E-state index contributed by atoms with van der Waals surface area (Å²) < 4.78 is 9.38. The molecule has 8 heteroatoms. The van der Waals surface area contributed by atoms with E-state index in [0.717, 1.165) is 106 Å². The third-order valence-electron chi connectivity index (χ3n) is 14.0. The molecule has 10 aromatic carbocycles. The van der Waals surface area contributed by atoms with Gasteiger partial charge in [0.05, 0.1) is 0 Å². The number of hydrogen-bond donors (Lipinski definition) is 0. The van der Waals surface area contributed by atoms with Crippen molar-refractivity contribution in [2.45, 2.75) is 0 Å². The van der Waals surface area contributed by atoms with Crippen LogP contribution in [0.4, 0.5) is 0 Å². The van der Waals surface area contributed by atoms with Gasteiger partial charge in [-0.05, 0) is 0 Å². The first kappa shape index (κ1) is 43.3. The minimum absolute atomic E-state index is 0.0503. The number of aromatic nitrogens is 6. The summed E-state index contributed by atoms with van der Waals surface area (Å²) in [7, 11) is 0. The molecule has 14 aromatic rings. The predicted molar refractivity (Wildman–Crippen MR) is 301 cm³/mol. The Balaban J connectivity index is 1.28. The number of benzene rings is 10. The Morgan fingerprint density at radius 2 is 0.716 bits per heavy atom. The van der Waals surface area contributed by atoms with E-state index in [1.165, 1.54) is 19.3 Å². The first-order valence-corrected chi connectivity index (χ1v) is 26.2. The molecule has 0 bridgehead atoms. The zero-order chi connectivity index (χ0) is 49.0. The van der Waals surface area contributed by atoms with Crippen LogP contribution in [0, 0.1) is 0 Å². The molecule has 0 saturated heterocycles. The van der Waals surface area contributed by atoms with Gasteiger partial charge in [-0.15, -0.1) is 0 Å². The van der Waals surface area contributed by atoms with Gasteiger partial charge in [-0.25, -0.2) is 0 Å². The van der Waals surface area contributed by atoms with Gasteiger partial charge >= 0.3 is 434 Å². The van der Waals surface area contributed by atoms with Crippen molar-refractivity contribution >= 4 is 55.7 Å². The van der Waals surface area contributed by atoms with Crippen LogP contribution in [0.25, 0.3) is 142 Å². The number of nitrogens with zero attached hydrogens (tertiary/aromatic N) is 6. The average molecular weight is 1010 g/mol. The van der Waals surface area contributed by atoms with Crippen LogP contribution >= 0.6 is 0 Å². The van der Waals surface area contributed by atoms with Crippen LogP contribution in [-0.2, 0) is 0 Å². The molecular formula is C66H40N6OSe. The Morgan fingerprint density at radius 1 is 0.270 bits per heavy atom. The Kier molecular flexibility index (Phi) is 10.7. The number of hydrogen-bond acceptors (Lipinski definition) is 7. The maximum atomic E-state index is 6.74. The molecule has 74 heavy (non-hydrogen) atoms. The summed E-state index contributed by atoms with van der Waals surface area (Å²) in [5.74, 6) is 0. The second kappa shape index (κ2) is 18.3. The Labute approximate surface area is 431 Å². The van der Waals surface area contributed by atoms with E-state index in [1.54, 1.807) is 0 Å². The van der Waals surface area contributed by atoms with E-state index in [0.29, 0.717) is 17.1 Å². The van der Waals surface area contributed by atoms with Gasteiger partial charge in [-0.3, -0.25) is 0 Å². The summed E-state index contributed by atoms with van der Waals surface area (Å²) in [5.41, 5.74) is 17.5. The molecule has 0 saturated carbocycles. The van der Waals surface area contributed by atoms with Crippen LogP contribution < -0.4 is 0 Å². The molecule has 4 heterocycles. The normalized spacial score (nSPS) is 11.5. The molecule has 0 radical (unpaired) electrons. The second-order valence-corrected chi connectivity index (χ2v) is 20.5. The second-order valence-electron chi connectivity index (χ2n) is 18.2. The molecule has 346 valence electrons. The number of fused-ring (bicyclic) bond motifs is 6. The molecule has 0 aliphatic carbocycles. The third kappa shape index (κ3) is 7.27. The number of furan rings is 1. The molecule has 0 unspecified atom stereocenters. The zero-order valence-electron chi connectivity index (χ0n) is 39.6. The van der Waals surface area contributed by atoms with Crippen molar-refractivity contribution in [2.24, 2.45) is 0 Å². The van der Waals surface area contributed by atoms with Crippen molar-refractivity contribution in [3.63, 3.8) is 0 Å². The fourth-order valence-electron chi connectivity index (χ4n) is 10.8. The minimum atomic E-state index is 0.0503. The SMILES string of the molecule is c1ccc(-c2cc(-c3nnnc(-c4ccccc4)c3-c3ccccc3)c(-c3cccc4[se]c5ccccc5c34)c(-c3nnnc(-c4ccccc4)c3-c3ccccc3)c2-c2cccc3oc4ccccc4c23)cc1. The Hall–Kier alpha value is -9.46. The van der Waals surface area contributed by atoms with Gasteiger partial charge in [0.25, 0.3) is 0 Å². The van der Waals surface area contributed by atoms with Crippen molar-refractivity contribution < 1.29 is 4.42 Å². The van der Waals surface area contributed by atoms with Crippen LogP contribution in [0.2, 0.25) is 0 Å². The summed E-state index contributed by atoms with van der Waals surface area (Å²) in [5, 5.41) is 34.3. The van der Waals surface area contributed by atoms with Gasteiger partial charge < -0.3 is 0 Å². The molecule has 0 aliphatic rings. The number of rotatable bonds is 9. The first-order valence-electron chi connectivity index (χ1n) is 24.5. The predicted octanol–water partition coefficient (Wildman–Crippen LogP) is 16.3. The van der Waals surface area contributed by atoms with Crippen molar-refractivity contribution in [2.75, 3.05) is 0 Å². The van der Waals surface area contributed by atoms with Crippen LogP contribution in [0.3, 0.4) is 0 Å². The summed E-state index contributed by atoms with van der Waals surface area (Å²) in [6, 6.07) is 84.9. The zero-order valence-corrected chi connectivity index (χ0v) is 41.3. The molecule has 7 nitrogen and oxygen atoms in total. The van der Waals surface area contributed by atoms with E-state index >= 15 is 0 Å². The van der Waals surface area contributed by atoms with E-state index in [9.17, 15) is 0 Å². The standard InChI is InChI=1S/C66H40N6OSe/c1-6-22-41(23-7-1)50-40-51(65-56(42-24-8-2-9-25-42)63(67-71-69-65)44-28-12-4-13-29-44)61(49-35-21-39-55-59(49)47-33-17-19-38-54(47)74-55)62(60(50)48-34-20-37-53-58(48)46-32-16-18-36-52(46)73-53)66-57(43-26-10-3-11-27-43)64(68-72-70-66)45-30-14-5-15-31-45/h1-40H. The van der Waals surface area contributed by atoms with E-state index in [4.69, 9.17) is 35.2 Å². The monoisotopic (exact) mass is 1010 g/mol. The molecule has 0 amide bonds. The summed E-state index contributed by atoms with van der Waals surface area (Å²) in [6.07, 6.45) is 0.